The predicted octanol–water partition coefficient (Wildman–Crippen LogP) is 3.37. The second kappa shape index (κ2) is 6.24. The average Bonchev–Trinajstić information content (AvgIpc) is 3.03. The highest BCUT2D eigenvalue weighted by atomic mass is 16.5. The minimum absolute atomic E-state index is 0.541. The van der Waals surface area contributed by atoms with Crippen molar-refractivity contribution in [3.05, 3.63) is 60.2 Å². The van der Waals surface area contributed by atoms with Crippen molar-refractivity contribution in [1.29, 1.82) is 0 Å². The van der Waals surface area contributed by atoms with E-state index in [1.807, 2.05) is 48.5 Å². The zero-order valence-electron chi connectivity index (χ0n) is 12.6. The Labute approximate surface area is 133 Å². The summed E-state index contributed by atoms with van der Waals surface area (Å²) in [5.74, 6) is 0.0208. The van der Waals surface area contributed by atoms with E-state index < -0.39 is 18.6 Å². The van der Waals surface area contributed by atoms with E-state index in [4.69, 9.17) is 9.52 Å². The van der Waals surface area contributed by atoms with Gasteiger partial charge in [-0.15, -0.1) is 0 Å². The number of nitrogens with zero attached hydrogens (tertiary/aromatic N) is 1. The standard InChI is InChI=1S/C18H17NO4/c1-12(19(22)18(21)11-20)14-7-8-16-15(9-14)10-17(23-16)13-5-3-2-4-6-13/h2-10,12,20,22H,11H2,1H3. The Morgan fingerprint density at radius 3 is 2.61 bits per heavy atom. The number of aliphatic hydroxyl groups is 1. The van der Waals surface area contributed by atoms with E-state index in [0.717, 1.165) is 27.9 Å². The van der Waals surface area contributed by atoms with Crippen LogP contribution in [0.4, 0.5) is 0 Å². The van der Waals surface area contributed by atoms with Gasteiger partial charge in [-0.05, 0) is 30.7 Å². The molecule has 0 saturated carbocycles. The molecule has 0 spiro atoms. The van der Waals surface area contributed by atoms with Crippen LogP contribution in [0, 0.1) is 0 Å². The van der Waals surface area contributed by atoms with Gasteiger partial charge in [0.05, 0.1) is 6.04 Å². The van der Waals surface area contributed by atoms with Crippen LogP contribution in [0.5, 0.6) is 0 Å². The van der Waals surface area contributed by atoms with Gasteiger partial charge in [0.2, 0.25) is 0 Å². The third-order valence-corrected chi connectivity index (χ3v) is 3.84. The maximum Gasteiger partial charge on any atom is 0.272 e. The van der Waals surface area contributed by atoms with Crippen molar-refractivity contribution in [1.82, 2.24) is 5.06 Å². The Morgan fingerprint density at radius 2 is 1.91 bits per heavy atom. The quantitative estimate of drug-likeness (QED) is 0.572. The SMILES string of the molecule is CC(c1ccc2oc(-c3ccccc3)cc2c1)N(O)C(=O)CO. The van der Waals surface area contributed by atoms with E-state index in [1.165, 1.54) is 0 Å². The van der Waals surface area contributed by atoms with Crippen LogP contribution >= 0.6 is 0 Å². The van der Waals surface area contributed by atoms with E-state index in [2.05, 4.69) is 0 Å². The Kier molecular flexibility index (Phi) is 4.14. The van der Waals surface area contributed by atoms with Gasteiger partial charge >= 0.3 is 0 Å². The van der Waals surface area contributed by atoms with Gasteiger partial charge in [0.25, 0.3) is 5.91 Å². The number of hydrogen-bond acceptors (Lipinski definition) is 4. The fourth-order valence-corrected chi connectivity index (χ4v) is 2.50. The van der Waals surface area contributed by atoms with E-state index in [1.54, 1.807) is 13.0 Å². The summed E-state index contributed by atoms with van der Waals surface area (Å²) in [5, 5.41) is 20.1. The fourth-order valence-electron chi connectivity index (χ4n) is 2.50. The first-order valence-corrected chi connectivity index (χ1v) is 7.31. The maximum atomic E-state index is 11.4. The largest absolute Gasteiger partial charge is 0.456 e. The van der Waals surface area contributed by atoms with Crippen molar-refractivity contribution in [2.45, 2.75) is 13.0 Å². The van der Waals surface area contributed by atoms with Crippen LogP contribution in [-0.2, 0) is 4.79 Å². The third kappa shape index (κ3) is 2.97. The second-order valence-corrected chi connectivity index (χ2v) is 5.35. The van der Waals surface area contributed by atoms with E-state index in [-0.39, 0.29) is 0 Å². The molecule has 1 heterocycles. The number of hydroxylamine groups is 2. The molecule has 3 aromatic rings. The zero-order chi connectivity index (χ0) is 16.4. The van der Waals surface area contributed by atoms with Crippen LogP contribution < -0.4 is 0 Å². The molecule has 3 rings (SSSR count). The predicted molar refractivity (Wildman–Crippen MR) is 85.8 cm³/mol. The smallest absolute Gasteiger partial charge is 0.272 e. The number of amides is 1. The number of benzene rings is 2. The van der Waals surface area contributed by atoms with Gasteiger partial charge in [0, 0.05) is 10.9 Å². The van der Waals surface area contributed by atoms with Crippen LogP contribution in [0.3, 0.4) is 0 Å². The molecule has 1 amide bonds. The summed E-state index contributed by atoms with van der Waals surface area (Å²) in [4.78, 5) is 11.4. The summed E-state index contributed by atoms with van der Waals surface area (Å²) in [5.41, 5.74) is 2.47. The number of furan rings is 1. The number of aliphatic hydroxyl groups excluding tert-OH is 1. The number of carbonyl (C=O) groups excluding carboxylic acids is 1. The topological polar surface area (TPSA) is 73.9 Å². The van der Waals surface area contributed by atoms with E-state index in [9.17, 15) is 10.0 Å². The van der Waals surface area contributed by atoms with Gasteiger partial charge in [0.15, 0.2) is 0 Å². The van der Waals surface area contributed by atoms with Gasteiger partial charge in [0.1, 0.15) is 18.0 Å². The molecule has 5 nitrogen and oxygen atoms in total. The lowest BCUT2D eigenvalue weighted by molar-refractivity contribution is -0.178. The minimum Gasteiger partial charge on any atom is -0.456 e. The maximum absolute atomic E-state index is 11.4. The van der Waals surface area contributed by atoms with Crippen molar-refractivity contribution in [2.75, 3.05) is 6.61 Å². The van der Waals surface area contributed by atoms with Gasteiger partial charge in [-0.25, -0.2) is 5.06 Å². The number of carbonyl (C=O) groups is 1. The molecule has 1 aromatic heterocycles. The van der Waals surface area contributed by atoms with Crippen molar-refractivity contribution >= 4 is 16.9 Å². The molecule has 0 radical (unpaired) electrons. The van der Waals surface area contributed by atoms with Crippen molar-refractivity contribution in [3.63, 3.8) is 0 Å². The highest BCUT2D eigenvalue weighted by molar-refractivity contribution is 5.84. The first kappa shape index (κ1) is 15.3. The molecule has 2 N–H and O–H groups in total. The zero-order valence-corrected chi connectivity index (χ0v) is 12.6. The average molecular weight is 311 g/mol. The Bertz CT molecular complexity index is 825. The second-order valence-electron chi connectivity index (χ2n) is 5.35. The summed E-state index contributed by atoms with van der Waals surface area (Å²) in [7, 11) is 0. The van der Waals surface area contributed by atoms with Crippen LogP contribution in [-0.4, -0.2) is 27.9 Å². The molecule has 0 aliphatic heterocycles. The summed E-state index contributed by atoms with van der Waals surface area (Å²) in [6.45, 7) is 0.958. The normalized spacial score (nSPS) is 12.3. The minimum atomic E-state index is -0.741. The van der Waals surface area contributed by atoms with Gasteiger partial charge in [-0.2, -0.15) is 0 Å². The number of rotatable bonds is 4. The van der Waals surface area contributed by atoms with Gasteiger partial charge < -0.3 is 9.52 Å². The van der Waals surface area contributed by atoms with Crippen LogP contribution in [0.1, 0.15) is 18.5 Å². The Hall–Kier alpha value is -2.63. The van der Waals surface area contributed by atoms with Crippen LogP contribution in [0.25, 0.3) is 22.3 Å². The molecule has 118 valence electrons. The Balaban J connectivity index is 1.95. The first-order valence-electron chi connectivity index (χ1n) is 7.31. The molecule has 0 bridgehead atoms. The summed E-state index contributed by atoms with van der Waals surface area (Å²) in [6, 6.07) is 16.6. The molecular formula is C18H17NO4. The molecule has 5 heteroatoms. The van der Waals surface area contributed by atoms with Gasteiger partial charge in [-0.3, -0.25) is 10.0 Å². The molecule has 2 aromatic carbocycles. The molecule has 1 atom stereocenters. The van der Waals surface area contributed by atoms with Gasteiger partial charge in [-0.1, -0.05) is 36.4 Å². The molecular weight excluding hydrogens is 294 g/mol. The van der Waals surface area contributed by atoms with E-state index in [0.29, 0.717) is 5.06 Å². The monoisotopic (exact) mass is 311 g/mol. The summed E-state index contributed by atoms with van der Waals surface area (Å²) >= 11 is 0. The highest BCUT2D eigenvalue weighted by Gasteiger charge is 2.19. The molecule has 0 aliphatic carbocycles. The third-order valence-electron chi connectivity index (χ3n) is 3.84. The molecule has 0 aliphatic rings. The lowest BCUT2D eigenvalue weighted by Crippen LogP contribution is -2.32. The lowest BCUT2D eigenvalue weighted by Gasteiger charge is -2.22. The van der Waals surface area contributed by atoms with Crippen molar-refractivity contribution in [2.24, 2.45) is 0 Å². The van der Waals surface area contributed by atoms with Crippen LogP contribution in [0.2, 0.25) is 0 Å². The summed E-state index contributed by atoms with van der Waals surface area (Å²) < 4.78 is 5.83. The number of hydrogen-bond donors (Lipinski definition) is 2. The van der Waals surface area contributed by atoms with Crippen molar-refractivity contribution in [3.8, 4) is 11.3 Å². The summed E-state index contributed by atoms with van der Waals surface area (Å²) in [6.07, 6.45) is 0. The number of fused-ring (bicyclic) bond motifs is 1. The Morgan fingerprint density at radius 1 is 1.17 bits per heavy atom. The highest BCUT2D eigenvalue weighted by Crippen LogP contribution is 2.30. The van der Waals surface area contributed by atoms with Crippen LogP contribution in [0.15, 0.2) is 59.0 Å². The molecule has 1 unspecified atom stereocenters. The fraction of sp³-hybridized carbons (Fsp3) is 0.167. The molecule has 23 heavy (non-hydrogen) atoms. The van der Waals surface area contributed by atoms with E-state index >= 15 is 0 Å². The van der Waals surface area contributed by atoms with Crippen molar-refractivity contribution < 1.29 is 19.5 Å². The molecule has 0 saturated heterocycles. The molecule has 0 fully saturated rings. The first-order chi connectivity index (χ1) is 11.1. The lowest BCUT2D eigenvalue weighted by atomic mass is 10.1.